The first-order valence-electron chi connectivity index (χ1n) is 10.5. The van der Waals surface area contributed by atoms with E-state index in [0.29, 0.717) is 5.56 Å². The second kappa shape index (κ2) is 7.87. The van der Waals surface area contributed by atoms with Crippen molar-refractivity contribution >= 4 is 24.4 Å². The van der Waals surface area contributed by atoms with Crippen molar-refractivity contribution in [3.63, 3.8) is 0 Å². The zero-order chi connectivity index (χ0) is 25.3. The SMILES string of the molecule is CC1(C)OB(C(B2OC(C)(C)C(C)(C)O2)c2ccc(OS(=O)(=O)C(F)(F)F)cc2)OC1(C)C. The average molecular weight is 492 g/mol. The third-order valence-corrected chi connectivity index (χ3v) is 7.86. The van der Waals surface area contributed by atoms with Crippen LogP contribution in [0.2, 0.25) is 0 Å². The Bertz CT molecular complexity index is 924. The summed E-state index contributed by atoms with van der Waals surface area (Å²) in [6.07, 6.45) is 0. The summed E-state index contributed by atoms with van der Waals surface area (Å²) in [6.45, 7) is 15.2. The lowest BCUT2D eigenvalue weighted by molar-refractivity contribution is -0.0500. The van der Waals surface area contributed by atoms with E-state index < -0.39 is 63.7 Å². The molecule has 0 atom stereocenters. The van der Waals surface area contributed by atoms with Gasteiger partial charge in [-0.3, -0.25) is 0 Å². The molecule has 3 rings (SSSR count). The molecule has 7 nitrogen and oxygen atoms in total. The molecule has 0 unspecified atom stereocenters. The fourth-order valence-electron chi connectivity index (χ4n) is 3.43. The number of hydrogen-bond donors (Lipinski definition) is 0. The van der Waals surface area contributed by atoms with Gasteiger partial charge in [-0.1, -0.05) is 12.1 Å². The summed E-state index contributed by atoms with van der Waals surface area (Å²) in [6, 6.07) is 5.17. The first kappa shape index (κ1) is 26.3. The number of halogens is 3. The van der Waals surface area contributed by atoms with Crippen molar-refractivity contribution in [3.8, 4) is 5.75 Å². The van der Waals surface area contributed by atoms with E-state index in [1.807, 2.05) is 55.4 Å². The van der Waals surface area contributed by atoms with Gasteiger partial charge in [-0.25, -0.2) is 0 Å². The summed E-state index contributed by atoms with van der Waals surface area (Å²) in [7, 11) is -7.37. The first-order valence-corrected chi connectivity index (χ1v) is 11.9. The molecule has 0 bridgehead atoms. The molecule has 1 aromatic rings. The Morgan fingerprint density at radius 3 is 1.39 bits per heavy atom. The lowest BCUT2D eigenvalue weighted by atomic mass is 9.49. The highest BCUT2D eigenvalue weighted by Crippen LogP contribution is 2.46. The molecule has 184 valence electrons. The molecule has 33 heavy (non-hydrogen) atoms. The third-order valence-electron chi connectivity index (χ3n) is 6.88. The smallest absolute Gasteiger partial charge is 0.403 e. The van der Waals surface area contributed by atoms with E-state index in [2.05, 4.69) is 4.18 Å². The van der Waals surface area contributed by atoms with Gasteiger partial charge in [0.2, 0.25) is 0 Å². The maximum absolute atomic E-state index is 12.6. The maximum atomic E-state index is 12.6. The van der Waals surface area contributed by atoms with Crippen molar-refractivity contribution < 1.29 is 44.4 Å². The van der Waals surface area contributed by atoms with Crippen molar-refractivity contribution in [2.45, 2.75) is 89.0 Å². The molecule has 0 saturated carbocycles. The van der Waals surface area contributed by atoms with Crippen molar-refractivity contribution in [1.29, 1.82) is 0 Å². The minimum absolute atomic E-state index is 0.474. The van der Waals surface area contributed by atoms with Crippen molar-refractivity contribution in [2.24, 2.45) is 0 Å². The van der Waals surface area contributed by atoms with Crippen LogP contribution in [0.15, 0.2) is 24.3 Å². The van der Waals surface area contributed by atoms with Crippen LogP contribution in [0.3, 0.4) is 0 Å². The van der Waals surface area contributed by atoms with Gasteiger partial charge in [0.15, 0.2) is 0 Å². The molecule has 0 aliphatic carbocycles. The Morgan fingerprint density at radius 2 is 1.09 bits per heavy atom. The maximum Gasteiger partial charge on any atom is 0.534 e. The number of hydrogen-bond acceptors (Lipinski definition) is 7. The van der Waals surface area contributed by atoms with E-state index in [0.717, 1.165) is 12.1 Å². The molecule has 13 heteroatoms. The normalized spacial score (nSPS) is 23.9. The molecule has 2 aliphatic rings. The van der Waals surface area contributed by atoms with E-state index in [4.69, 9.17) is 18.6 Å². The first-order chi connectivity index (χ1) is 14.7. The molecule has 0 amide bonds. The molecule has 2 fully saturated rings. The van der Waals surface area contributed by atoms with Crippen LogP contribution in [0.25, 0.3) is 0 Å². The monoisotopic (exact) mass is 492 g/mol. The molecule has 2 heterocycles. The highest BCUT2D eigenvalue weighted by Gasteiger charge is 2.62. The van der Waals surface area contributed by atoms with Gasteiger partial charge in [-0.05, 0) is 73.1 Å². The zero-order valence-electron chi connectivity index (χ0n) is 19.9. The zero-order valence-corrected chi connectivity index (χ0v) is 20.8. The lowest BCUT2D eigenvalue weighted by Crippen LogP contribution is -2.41. The van der Waals surface area contributed by atoms with Gasteiger partial charge in [0.1, 0.15) is 5.75 Å². The van der Waals surface area contributed by atoms with Crippen molar-refractivity contribution in [1.82, 2.24) is 0 Å². The highest BCUT2D eigenvalue weighted by atomic mass is 32.2. The second-order valence-electron chi connectivity index (χ2n) is 10.3. The van der Waals surface area contributed by atoms with Crippen LogP contribution in [-0.4, -0.2) is 50.6 Å². The summed E-state index contributed by atoms with van der Waals surface area (Å²) in [5, 5.41) is 0. The summed E-state index contributed by atoms with van der Waals surface area (Å²) in [5.41, 5.74) is -8.19. The van der Waals surface area contributed by atoms with Crippen LogP contribution in [0.1, 0.15) is 66.7 Å². The number of alkyl halides is 3. The topological polar surface area (TPSA) is 80.3 Å². The average Bonchev–Trinajstić information content (AvgIpc) is 2.94. The molecule has 0 spiro atoms. The standard InChI is InChI=1S/C20H29B2F3O7S/c1-16(2)17(3,4)30-21(29-16)15(22-31-18(5,6)19(7,8)32-22)13-9-11-14(12-10-13)28-33(26,27)20(23,24)25/h9-12,15H,1-8H3. The summed E-state index contributed by atoms with van der Waals surface area (Å²) >= 11 is 0. The fourth-order valence-corrected chi connectivity index (χ4v) is 3.89. The van der Waals surface area contributed by atoms with Crippen molar-refractivity contribution in [2.75, 3.05) is 0 Å². The summed E-state index contributed by atoms with van der Waals surface area (Å²) in [4.78, 5) is 0. The van der Waals surface area contributed by atoms with Gasteiger partial charge in [0, 0.05) is 0 Å². The summed E-state index contributed by atoms with van der Waals surface area (Å²) < 4.78 is 89.7. The predicted molar refractivity (Wildman–Crippen MR) is 117 cm³/mol. The van der Waals surface area contributed by atoms with Crippen LogP contribution in [-0.2, 0) is 28.7 Å². The Balaban J connectivity index is 1.96. The van der Waals surface area contributed by atoms with Gasteiger partial charge in [0.25, 0.3) is 0 Å². The minimum atomic E-state index is -5.78. The molecule has 0 N–H and O–H groups in total. The minimum Gasteiger partial charge on any atom is -0.403 e. The second-order valence-corrected chi connectivity index (χ2v) is 11.9. The van der Waals surface area contributed by atoms with E-state index >= 15 is 0 Å². The van der Waals surface area contributed by atoms with Gasteiger partial charge in [-0.15, -0.1) is 0 Å². The molecule has 2 aliphatic heterocycles. The van der Waals surface area contributed by atoms with Crippen LogP contribution < -0.4 is 4.18 Å². The van der Waals surface area contributed by atoms with Crippen LogP contribution in [0.5, 0.6) is 5.75 Å². The van der Waals surface area contributed by atoms with Gasteiger partial charge < -0.3 is 22.8 Å². The summed E-state index contributed by atoms with van der Waals surface area (Å²) in [5.74, 6) is -0.474. The van der Waals surface area contributed by atoms with Crippen LogP contribution >= 0.6 is 0 Å². The largest absolute Gasteiger partial charge is 0.534 e. The Hall–Kier alpha value is -1.27. The fraction of sp³-hybridized carbons (Fsp3) is 0.700. The molecule has 2 saturated heterocycles. The van der Waals surface area contributed by atoms with Crippen LogP contribution in [0, 0.1) is 0 Å². The Kier molecular flexibility index (Phi) is 6.28. The van der Waals surface area contributed by atoms with E-state index in [9.17, 15) is 21.6 Å². The van der Waals surface area contributed by atoms with Crippen molar-refractivity contribution in [3.05, 3.63) is 29.8 Å². The quantitative estimate of drug-likeness (QED) is 0.345. The van der Waals surface area contributed by atoms with Gasteiger partial charge in [-0.2, -0.15) is 21.6 Å². The van der Waals surface area contributed by atoms with E-state index in [1.165, 1.54) is 12.1 Å². The number of benzene rings is 1. The van der Waals surface area contributed by atoms with E-state index in [-0.39, 0.29) is 0 Å². The molecular weight excluding hydrogens is 463 g/mol. The molecule has 0 aromatic heterocycles. The van der Waals surface area contributed by atoms with Gasteiger partial charge >= 0.3 is 29.9 Å². The number of rotatable bonds is 5. The third kappa shape index (κ3) is 4.80. The molecule has 1 aromatic carbocycles. The van der Waals surface area contributed by atoms with E-state index in [1.54, 1.807) is 0 Å². The molecular formula is C20H29B2F3O7S. The molecule has 0 radical (unpaired) electrons. The Labute approximate surface area is 193 Å². The predicted octanol–water partition coefficient (Wildman–Crippen LogP) is 4.26. The van der Waals surface area contributed by atoms with Crippen LogP contribution in [0.4, 0.5) is 13.2 Å². The highest BCUT2D eigenvalue weighted by molar-refractivity contribution is 7.88. The Morgan fingerprint density at radius 1 is 0.758 bits per heavy atom. The lowest BCUT2D eigenvalue weighted by Gasteiger charge is -2.32. The van der Waals surface area contributed by atoms with Gasteiger partial charge in [0.05, 0.1) is 28.1 Å².